The summed E-state index contributed by atoms with van der Waals surface area (Å²) in [7, 11) is 1.32. The van der Waals surface area contributed by atoms with Crippen LogP contribution in [0, 0.1) is 0 Å². The molecule has 0 radical (unpaired) electrons. The zero-order valence-corrected chi connectivity index (χ0v) is 13.8. The average molecular weight is 334 g/mol. The molecule has 2 fully saturated rings. The van der Waals surface area contributed by atoms with E-state index in [4.69, 9.17) is 0 Å². The number of anilines is 1. The number of benzene rings is 1. The number of methoxy groups -OCH3 is 1. The number of nitrogens with zero attached hydrogens (tertiary/aromatic N) is 1. The molecule has 7 heteroatoms. The Labute approximate surface area is 138 Å². The summed E-state index contributed by atoms with van der Waals surface area (Å²) in [6.07, 6.45) is 1.29. The molecule has 0 aliphatic carbocycles. The fourth-order valence-corrected chi connectivity index (χ4v) is 4.48. The van der Waals surface area contributed by atoms with Crippen LogP contribution in [-0.2, 0) is 14.3 Å². The Balaban J connectivity index is 1.70. The van der Waals surface area contributed by atoms with Crippen molar-refractivity contribution < 1.29 is 19.1 Å². The van der Waals surface area contributed by atoms with E-state index in [-0.39, 0.29) is 16.7 Å². The smallest absolute Gasteiger partial charge is 0.337 e. The van der Waals surface area contributed by atoms with Crippen LogP contribution < -0.4 is 5.32 Å². The number of amides is 2. The highest BCUT2D eigenvalue weighted by Gasteiger charge is 2.52. The number of nitrogens with one attached hydrogen (secondary N) is 1. The van der Waals surface area contributed by atoms with Gasteiger partial charge in [-0.05, 0) is 37.6 Å². The maximum atomic E-state index is 12.5. The second-order valence-corrected chi connectivity index (χ2v) is 7.33. The van der Waals surface area contributed by atoms with E-state index in [9.17, 15) is 14.4 Å². The number of hydrogen-bond acceptors (Lipinski definition) is 5. The van der Waals surface area contributed by atoms with Gasteiger partial charge >= 0.3 is 5.97 Å². The lowest BCUT2D eigenvalue weighted by molar-refractivity contribution is -0.135. The van der Waals surface area contributed by atoms with Crippen LogP contribution in [-0.4, -0.2) is 46.5 Å². The number of ether oxygens (including phenoxy) is 1. The Kier molecular flexibility index (Phi) is 4.06. The van der Waals surface area contributed by atoms with Crippen molar-refractivity contribution in [3.63, 3.8) is 0 Å². The van der Waals surface area contributed by atoms with Gasteiger partial charge in [0.1, 0.15) is 6.04 Å². The first-order chi connectivity index (χ1) is 10.9. The van der Waals surface area contributed by atoms with Gasteiger partial charge in [-0.2, -0.15) is 0 Å². The lowest BCUT2D eigenvalue weighted by Gasteiger charge is -2.29. The first-order valence-corrected chi connectivity index (χ1v) is 8.38. The largest absolute Gasteiger partial charge is 0.465 e. The van der Waals surface area contributed by atoms with Crippen LogP contribution in [0.1, 0.15) is 30.1 Å². The summed E-state index contributed by atoms with van der Waals surface area (Å²) >= 11 is 1.66. The number of carbonyl (C=O) groups excluding carboxylic acids is 3. The highest BCUT2D eigenvalue weighted by molar-refractivity contribution is 8.01. The first kappa shape index (κ1) is 15.9. The minimum atomic E-state index is -0.444. The topological polar surface area (TPSA) is 75.7 Å². The molecule has 1 aromatic carbocycles. The number of thioether (sulfide) groups is 1. The van der Waals surface area contributed by atoms with Crippen LogP contribution in [0.3, 0.4) is 0 Å². The van der Waals surface area contributed by atoms with Crippen LogP contribution in [0.25, 0.3) is 0 Å². The van der Waals surface area contributed by atoms with Gasteiger partial charge in [0.15, 0.2) is 0 Å². The van der Waals surface area contributed by atoms with E-state index in [1.807, 2.05) is 6.92 Å². The van der Waals surface area contributed by atoms with Crippen molar-refractivity contribution in [2.24, 2.45) is 0 Å². The summed E-state index contributed by atoms with van der Waals surface area (Å²) in [5.74, 6) is 0.0309. The Morgan fingerprint density at radius 2 is 2.04 bits per heavy atom. The maximum absolute atomic E-state index is 12.5. The lowest BCUT2D eigenvalue weighted by Crippen LogP contribution is -2.48. The number of fused-ring (bicyclic) bond motifs is 1. The molecule has 0 aromatic heterocycles. The third-order valence-electron chi connectivity index (χ3n) is 4.32. The number of rotatable bonds is 3. The van der Waals surface area contributed by atoms with Gasteiger partial charge < -0.3 is 15.0 Å². The van der Waals surface area contributed by atoms with Crippen molar-refractivity contribution in [1.82, 2.24) is 4.90 Å². The van der Waals surface area contributed by atoms with Gasteiger partial charge in [0.2, 0.25) is 11.8 Å². The van der Waals surface area contributed by atoms with Crippen molar-refractivity contribution in [2.45, 2.75) is 30.7 Å². The van der Waals surface area contributed by atoms with E-state index in [0.29, 0.717) is 23.4 Å². The molecule has 122 valence electrons. The number of esters is 1. The van der Waals surface area contributed by atoms with E-state index in [1.54, 1.807) is 40.9 Å². The zero-order chi connectivity index (χ0) is 16.6. The molecule has 23 heavy (non-hydrogen) atoms. The third kappa shape index (κ3) is 2.81. The molecular weight excluding hydrogens is 316 g/mol. The standard InChI is InChI=1S/C16H18N2O4S/c1-16-8-7-13(19)18(16)12(9-23-16)14(20)17-11-5-3-10(4-6-11)15(21)22-2/h3-6,12H,7-9H2,1-2H3,(H,17,20)/t12-,16-/m1/s1. The molecule has 1 N–H and O–H groups in total. The van der Waals surface area contributed by atoms with E-state index in [0.717, 1.165) is 6.42 Å². The Morgan fingerprint density at radius 3 is 2.70 bits per heavy atom. The molecule has 2 aliphatic heterocycles. The predicted octanol–water partition coefficient (Wildman–Crippen LogP) is 1.87. The van der Waals surface area contributed by atoms with Gasteiger partial charge in [-0.15, -0.1) is 11.8 Å². The average Bonchev–Trinajstić information content (AvgIpc) is 3.04. The molecule has 2 aliphatic rings. The summed E-state index contributed by atoms with van der Waals surface area (Å²) in [5, 5.41) is 2.82. The Hall–Kier alpha value is -2.02. The molecule has 2 atom stereocenters. The summed E-state index contributed by atoms with van der Waals surface area (Å²) in [5.41, 5.74) is 1.01. The lowest BCUT2D eigenvalue weighted by atomic mass is 10.2. The van der Waals surface area contributed by atoms with Gasteiger partial charge in [-0.3, -0.25) is 9.59 Å². The van der Waals surface area contributed by atoms with Crippen molar-refractivity contribution in [3.05, 3.63) is 29.8 Å². The van der Waals surface area contributed by atoms with Gasteiger partial charge in [0, 0.05) is 17.9 Å². The van der Waals surface area contributed by atoms with E-state index in [1.165, 1.54) is 7.11 Å². The van der Waals surface area contributed by atoms with E-state index in [2.05, 4.69) is 10.1 Å². The molecule has 0 saturated carbocycles. The molecule has 6 nitrogen and oxygen atoms in total. The molecule has 3 rings (SSSR count). The fraction of sp³-hybridized carbons (Fsp3) is 0.438. The summed E-state index contributed by atoms with van der Waals surface area (Å²) in [6.45, 7) is 2.01. The molecule has 2 saturated heterocycles. The molecular formula is C16H18N2O4S. The van der Waals surface area contributed by atoms with E-state index >= 15 is 0 Å². The molecule has 1 aromatic rings. The van der Waals surface area contributed by atoms with Crippen LogP contribution in [0.15, 0.2) is 24.3 Å². The van der Waals surface area contributed by atoms with Crippen LogP contribution in [0.5, 0.6) is 0 Å². The maximum Gasteiger partial charge on any atom is 0.337 e. The van der Waals surface area contributed by atoms with Crippen molar-refractivity contribution in [2.75, 3.05) is 18.2 Å². The minimum absolute atomic E-state index is 0.0405. The second-order valence-electron chi connectivity index (χ2n) is 5.82. The summed E-state index contributed by atoms with van der Waals surface area (Å²) in [6, 6.07) is 6.04. The van der Waals surface area contributed by atoms with E-state index < -0.39 is 12.0 Å². The van der Waals surface area contributed by atoms with Crippen LogP contribution in [0.2, 0.25) is 0 Å². The van der Waals surface area contributed by atoms with Gasteiger partial charge in [0.25, 0.3) is 0 Å². The SMILES string of the molecule is COC(=O)c1ccc(NC(=O)[C@H]2CS[C@]3(C)CCC(=O)N23)cc1. The highest BCUT2D eigenvalue weighted by Crippen LogP contribution is 2.47. The first-order valence-electron chi connectivity index (χ1n) is 7.40. The normalized spacial score (nSPS) is 26.1. The summed E-state index contributed by atoms with van der Waals surface area (Å²) in [4.78, 5) is 37.4. The zero-order valence-electron chi connectivity index (χ0n) is 13.0. The van der Waals surface area contributed by atoms with Crippen LogP contribution in [0.4, 0.5) is 5.69 Å². The minimum Gasteiger partial charge on any atom is -0.465 e. The molecule has 2 amide bonds. The Bertz CT molecular complexity index is 661. The van der Waals surface area contributed by atoms with Crippen molar-refractivity contribution >= 4 is 35.2 Å². The van der Waals surface area contributed by atoms with Crippen molar-refractivity contribution in [3.8, 4) is 0 Å². The predicted molar refractivity (Wildman–Crippen MR) is 87.1 cm³/mol. The summed E-state index contributed by atoms with van der Waals surface area (Å²) < 4.78 is 4.64. The fourth-order valence-electron chi connectivity index (χ4n) is 3.05. The molecule has 2 heterocycles. The van der Waals surface area contributed by atoms with Gasteiger partial charge in [-0.25, -0.2) is 4.79 Å². The number of hydrogen-bond donors (Lipinski definition) is 1. The molecule has 0 unspecified atom stereocenters. The number of carbonyl (C=O) groups is 3. The highest BCUT2D eigenvalue weighted by atomic mass is 32.2. The molecule has 0 spiro atoms. The quantitative estimate of drug-likeness (QED) is 0.854. The van der Waals surface area contributed by atoms with Crippen molar-refractivity contribution in [1.29, 1.82) is 0 Å². The molecule has 0 bridgehead atoms. The second kappa shape index (κ2) is 5.88. The van der Waals surface area contributed by atoms with Crippen LogP contribution >= 0.6 is 11.8 Å². The third-order valence-corrected chi connectivity index (χ3v) is 5.83. The van der Waals surface area contributed by atoms with Gasteiger partial charge in [0.05, 0.1) is 17.5 Å². The Morgan fingerprint density at radius 1 is 1.35 bits per heavy atom. The monoisotopic (exact) mass is 334 g/mol. The van der Waals surface area contributed by atoms with Gasteiger partial charge in [-0.1, -0.05) is 0 Å².